The maximum absolute atomic E-state index is 12.7. The predicted octanol–water partition coefficient (Wildman–Crippen LogP) is 3.03. The van der Waals surface area contributed by atoms with Gasteiger partial charge in [0, 0.05) is 41.3 Å². The molecule has 0 spiro atoms. The molecule has 1 unspecified atom stereocenters. The van der Waals surface area contributed by atoms with E-state index in [2.05, 4.69) is 17.1 Å². The number of nitrogens with two attached hydrogens (primary N) is 1. The summed E-state index contributed by atoms with van der Waals surface area (Å²) in [5, 5.41) is 1.19. The maximum atomic E-state index is 12.7. The molecule has 0 radical (unpaired) electrons. The third kappa shape index (κ3) is 2.98. The zero-order chi connectivity index (χ0) is 15.1. The number of fused-ring (bicyclic) bond motifs is 3. The highest BCUT2D eigenvalue weighted by molar-refractivity contribution is 5.99. The Kier molecular flexibility index (Phi) is 4.64. The number of nitrogens with zero attached hydrogens (tertiary/aromatic N) is 1. The van der Waals surface area contributed by atoms with E-state index < -0.39 is 0 Å². The number of aromatic amines is 1. The van der Waals surface area contributed by atoms with Crippen LogP contribution in [0.1, 0.15) is 47.3 Å². The second-order valence-electron chi connectivity index (χ2n) is 6.70. The molecule has 1 aromatic carbocycles. The van der Waals surface area contributed by atoms with Gasteiger partial charge >= 0.3 is 0 Å². The van der Waals surface area contributed by atoms with Gasteiger partial charge < -0.3 is 15.6 Å². The smallest absolute Gasteiger partial charge is 0.253 e. The lowest BCUT2D eigenvalue weighted by molar-refractivity contribution is 0.0724. The van der Waals surface area contributed by atoms with Crippen LogP contribution in [0.3, 0.4) is 0 Å². The number of hydrogen-bond acceptors (Lipinski definition) is 2. The number of piperidine rings is 1. The maximum Gasteiger partial charge on any atom is 0.253 e. The predicted molar refractivity (Wildman–Crippen MR) is 95.3 cm³/mol. The third-order valence-electron chi connectivity index (χ3n) is 5.12. The zero-order valence-electron chi connectivity index (χ0n) is 13.3. The first-order valence-corrected chi connectivity index (χ1v) is 8.41. The van der Waals surface area contributed by atoms with Crippen LogP contribution in [0.5, 0.6) is 0 Å². The lowest BCUT2D eigenvalue weighted by Crippen LogP contribution is -2.35. The highest BCUT2D eigenvalue weighted by atomic mass is 35.5. The molecule has 1 amide bonds. The van der Waals surface area contributed by atoms with Crippen molar-refractivity contribution in [1.29, 1.82) is 0 Å². The summed E-state index contributed by atoms with van der Waals surface area (Å²) in [4.78, 5) is 18.2. The molecule has 3 N–H and O–H groups in total. The van der Waals surface area contributed by atoms with Crippen LogP contribution < -0.4 is 5.73 Å². The fourth-order valence-corrected chi connectivity index (χ4v) is 3.86. The standard InChI is InChI=1S/C18H23N3O.ClH/c19-13-5-7-17-15(11-13)14-10-12(4-6-16(14)20-17)18(22)21-8-2-1-3-9-21;/h4,6,10,13,20H,1-3,5,7-9,11,19H2;1H. The average Bonchev–Trinajstić information content (AvgIpc) is 2.92. The number of H-pyrrole nitrogens is 1. The number of rotatable bonds is 1. The van der Waals surface area contributed by atoms with Gasteiger partial charge in [-0.2, -0.15) is 0 Å². The van der Waals surface area contributed by atoms with Crippen molar-refractivity contribution < 1.29 is 4.79 Å². The van der Waals surface area contributed by atoms with Gasteiger partial charge in [-0.05, 0) is 62.3 Å². The van der Waals surface area contributed by atoms with Crippen LogP contribution in [0.4, 0.5) is 0 Å². The lowest BCUT2D eigenvalue weighted by Gasteiger charge is -2.26. The molecule has 2 aromatic rings. The summed E-state index contributed by atoms with van der Waals surface area (Å²) in [7, 11) is 0. The van der Waals surface area contributed by atoms with Crippen LogP contribution in [-0.2, 0) is 12.8 Å². The number of halogens is 1. The van der Waals surface area contributed by atoms with Crippen LogP contribution in [-0.4, -0.2) is 34.9 Å². The van der Waals surface area contributed by atoms with Gasteiger partial charge in [-0.25, -0.2) is 0 Å². The average molecular weight is 334 g/mol. The van der Waals surface area contributed by atoms with Crippen molar-refractivity contribution in [3.05, 3.63) is 35.0 Å². The van der Waals surface area contributed by atoms with Gasteiger partial charge in [0.25, 0.3) is 5.91 Å². The van der Waals surface area contributed by atoms with Crippen molar-refractivity contribution in [1.82, 2.24) is 9.88 Å². The fraction of sp³-hybridized carbons (Fsp3) is 0.500. The molecule has 124 valence electrons. The van der Waals surface area contributed by atoms with E-state index in [1.807, 2.05) is 11.0 Å². The molecule has 5 heteroatoms. The summed E-state index contributed by atoms with van der Waals surface area (Å²) >= 11 is 0. The normalized spacial score (nSPS) is 20.9. The van der Waals surface area contributed by atoms with Crippen LogP contribution in [0.25, 0.3) is 10.9 Å². The van der Waals surface area contributed by atoms with Gasteiger partial charge in [0.05, 0.1) is 0 Å². The first-order chi connectivity index (χ1) is 10.7. The lowest BCUT2D eigenvalue weighted by atomic mass is 9.91. The van der Waals surface area contributed by atoms with E-state index in [1.54, 1.807) is 0 Å². The van der Waals surface area contributed by atoms with E-state index in [1.165, 1.54) is 23.1 Å². The largest absolute Gasteiger partial charge is 0.358 e. The van der Waals surface area contributed by atoms with Gasteiger partial charge in [-0.15, -0.1) is 12.4 Å². The zero-order valence-corrected chi connectivity index (χ0v) is 14.1. The Morgan fingerprint density at radius 3 is 2.78 bits per heavy atom. The van der Waals surface area contributed by atoms with Crippen molar-refractivity contribution in [2.75, 3.05) is 13.1 Å². The summed E-state index contributed by atoms with van der Waals surface area (Å²) in [6, 6.07) is 6.32. The molecule has 4 rings (SSSR count). The number of carbonyl (C=O) groups excluding carboxylic acids is 1. The molecular weight excluding hydrogens is 310 g/mol. The first-order valence-electron chi connectivity index (χ1n) is 8.41. The van der Waals surface area contributed by atoms with E-state index in [9.17, 15) is 4.79 Å². The molecule has 23 heavy (non-hydrogen) atoms. The number of carbonyl (C=O) groups is 1. The molecule has 0 saturated carbocycles. The molecule has 1 aromatic heterocycles. The number of likely N-dealkylation sites (tertiary alicyclic amines) is 1. The van der Waals surface area contributed by atoms with E-state index in [0.29, 0.717) is 0 Å². The molecule has 4 nitrogen and oxygen atoms in total. The summed E-state index contributed by atoms with van der Waals surface area (Å²) < 4.78 is 0. The first kappa shape index (κ1) is 16.3. The monoisotopic (exact) mass is 333 g/mol. The minimum Gasteiger partial charge on any atom is -0.358 e. The van der Waals surface area contributed by atoms with Crippen molar-refractivity contribution in [2.45, 2.75) is 44.6 Å². The quantitative estimate of drug-likeness (QED) is 0.842. The Morgan fingerprint density at radius 2 is 2.00 bits per heavy atom. The number of hydrogen-bond donors (Lipinski definition) is 2. The highest BCUT2D eigenvalue weighted by Crippen LogP contribution is 2.30. The minimum absolute atomic E-state index is 0. The fourth-order valence-electron chi connectivity index (χ4n) is 3.86. The van der Waals surface area contributed by atoms with Crippen molar-refractivity contribution >= 4 is 29.2 Å². The molecule has 1 fully saturated rings. The molecule has 0 bridgehead atoms. The summed E-state index contributed by atoms with van der Waals surface area (Å²) in [6.45, 7) is 1.79. The van der Waals surface area contributed by atoms with E-state index >= 15 is 0 Å². The van der Waals surface area contributed by atoms with Crippen molar-refractivity contribution in [2.24, 2.45) is 5.73 Å². The molecule has 2 heterocycles. The molecular formula is C18H24ClN3O. The van der Waals surface area contributed by atoms with Gasteiger partial charge in [0.1, 0.15) is 0 Å². The molecule has 1 atom stereocenters. The van der Waals surface area contributed by atoms with Crippen LogP contribution in [0.15, 0.2) is 18.2 Å². The Morgan fingerprint density at radius 1 is 1.22 bits per heavy atom. The van der Waals surface area contributed by atoms with Gasteiger partial charge in [-0.3, -0.25) is 4.79 Å². The number of aryl methyl sites for hydroxylation is 1. The van der Waals surface area contributed by atoms with Crippen molar-refractivity contribution in [3.63, 3.8) is 0 Å². The molecule has 1 aliphatic heterocycles. The topological polar surface area (TPSA) is 62.1 Å². The van der Waals surface area contributed by atoms with E-state index in [-0.39, 0.29) is 24.4 Å². The summed E-state index contributed by atoms with van der Waals surface area (Å²) in [6.07, 6.45) is 6.47. The second-order valence-corrected chi connectivity index (χ2v) is 6.70. The Balaban J connectivity index is 0.00000156. The minimum atomic E-state index is 0. The molecule has 1 saturated heterocycles. The van der Waals surface area contributed by atoms with E-state index in [0.717, 1.165) is 56.3 Å². The molecule has 1 aliphatic carbocycles. The summed E-state index contributed by atoms with van der Waals surface area (Å²) in [5.74, 6) is 0.177. The Hall–Kier alpha value is -1.52. The number of amides is 1. The SMILES string of the molecule is Cl.NC1CCc2[nH]c3ccc(C(=O)N4CCCCC4)cc3c2C1. The van der Waals surface area contributed by atoms with Crippen LogP contribution >= 0.6 is 12.4 Å². The van der Waals surface area contributed by atoms with Crippen LogP contribution in [0, 0.1) is 0 Å². The number of benzene rings is 1. The number of nitrogens with one attached hydrogen (secondary N) is 1. The van der Waals surface area contributed by atoms with E-state index in [4.69, 9.17) is 5.73 Å². The van der Waals surface area contributed by atoms with Crippen LogP contribution in [0.2, 0.25) is 0 Å². The second kappa shape index (κ2) is 6.54. The third-order valence-corrected chi connectivity index (χ3v) is 5.12. The van der Waals surface area contributed by atoms with Gasteiger partial charge in [-0.1, -0.05) is 0 Å². The molecule has 2 aliphatic rings. The van der Waals surface area contributed by atoms with Gasteiger partial charge in [0.15, 0.2) is 0 Å². The van der Waals surface area contributed by atoms with Crippen molar-refractivity contribution in [3.8, 4) is 0 Å². The summed E-state index contributed by atoms with van der Waals surface area (Å²) in [5.41, 5.74) is 10.7. The van der Waals surface area contributed by atoms with Gasteiger partial charge in [0.2, 0.25) is 0 Å². The highest BCUT2D eigenvalue weighted by Gasteiger charge is 2.22. The Labute approximate surface area is 142 Å². The Bertz CT molecular complexity index is 718. The number of aromatic nitrogens is 1.